The molecule has 0 aliphatic heterocycles. The summed E-state index contributed by atoms with van der Waals surface area (Å²) in [5.74, 6) is 0.0433. The second kappa shape index (κ2) is 6.77. The van der Waals surface area contributed by atoms with Crippen molar-refractivity contribution in [3.63, 3.8) is 0 Å². The van der Waals surface area contributed by atoms with E-state index in [-0.39, 0.29) is 5.91 Å². The van der Waals surface area contributed by atoms with Crippen molar-refractivity contribution in [1.82, 2.24) is 4.90 Å². The SMILES string of the molecule is COCCCN(C)C(=O)c1ccc(C)c(Br)c1. The van der Waals surface area contributed by atoms with Gasteiger partial charge in [0.25, 0.3) is 5.91 Å². The minimum absolute atomic E-state index is 0.0433. The molecule has 1 rings (SSSR count). The number of nitrogens with zero attached hydrogens (tertiary/aromatic N) is 1. The number of halogens is 1. The van der Waals surface area contributed by atoms with Gasteiger partial charge in [0.05, 0.1) is 0 Å². The third-order valence-electron chi connectivity index (χ3n) is 2.61. The van der Waals surface area contributed by atoms with E-state index in [2.05, 4.69) is 15.9 Å². The molecule has 0 aromatic heterocycles. The Morgan fingerprint density at radius 3 is 2.76 bits per heavy atom. The molecule has 1 aromatic carbocycles. The van der Waals surface area contributed by atoms with Crippen molar-refractivity contribution in [3.05, 3.63) is 33.8 Å². The minimum atomic E-state index is 0.0433. The van der Waals surface area contributed by atoms with Gasteiger partial charge in [-0.05, 0) is 31.0 Å². The van der Waals surface area contributed by atoms with Crippen LogP contribution in [-0.4, -0.2) is 38.1 Å². The molecule has 0 atom stereocenters. The van der Waals surface area contributed by atoms with Crippen LogP contribution < -0.4 is 0 Å². The number of benzene rings is 1. The number of rotatable bonds is 5. The molecule has 0 saturated heterocycles. The van der Waals surface area contributed by atoms with E-state index in [0.717, 1.165) is 16.5 Å². The van der Waals surface area contributed by atoms with Crippen molar-refractivity contribution in [1.29, 1.82) is 0 Å². The zero-order valence-corrected chi connectivity index (χ0v) is 12.1. The lowest BCUT2D eigenvalue weighted by atomic mass is 10.1. The first-order valence-corrected chi connectivity index (χ1v) is 6.36. The van der Waals surface area contributed by atoms with Crippen LogP contribution in [0.2, 0.25) is 0 Å². The lowest BCUT2D eigenvalue weighted by Crippen LogP contribution is -2.28. The molecule has 0 unspecified atom stereocenters. The van der Waals surface area contributed by atoms with Crippen molar-refractivity contribution >= 4 is 21.8 Å². The maximum atomic E-state index is 12.1. The molecule has 0 spiro atoms. The summed E-state index contributed by atoms with van der Waals surface area (Å²) in [6.45, 7) is 3.38. The van der Waals surface area contributed by atoms with Gasteiger partial charge in [-0.2, -0.15) is 0 Å². The van der Waals surface area contributed by atoms with Gasteiger partial charge < -0.3 is 9.64 Å². The Hall–Kier alpha value is -0.870. The standard InChI is InChI=1S/C13H18BrNO2/c1-10-5-6-11(9-12(10)14)13(16)15(2)7-4-8-17-3/h5-6,9H,4,7-8H2,1-3H3. The Balaban J connectivity index is 2.65. The van der Waals surface area contributed by atoms with Crippen LogP contribution in [0.3, 0.4) is 0 Å². The highest BCUT2D eigenvalue weighted by Gasteiger charge is 2.11. The molecule has 0 aliphatic carbocycles. The Kier molecular flexibility index (Phi) is 5.65. The topological polar surface area (TPSA) is 29.5 Å². The molecule has 0 heterocycles. The second-order valence-electron chi connectivity index (χ2n) is 4.04. The summed E-state index contributed by atoms with van der Waals surface area (Å²) in [4.78, 5) is 13.8. The molecule has 4 heteroatoms. The van der Waals surface area contributed by atoms with Gasteiger partial charge in [-0.1, -0.05) is 22.0 Å². The third-order valence-corrected chi connectivity index (χ3v) is 3.46. The largest absolute Gasteiger partial charge is 0.385 e. The highest BCUT2D eigenvalue weighted by molar-refractivity contribution is 9.10. The highest BCUT2D eigenvalue weighted by atomic mass is 79.9. The zero-order valence-electron chi connectivity index (χ0n) is 10.5. The molecular formula is C13H18BrNO2. The summed E-state index contributed by atoms with van der Waals surface area (Å²) in [5.41, 5.74) is 1.84. The number of methoxy groups -OCH3 is 1. The van der Waals surface area contributed by atoms with Crippen molar-refractivity contribution in [2.24, 2.45) is 0 Å². The predicted molar refractivity (Wildman–Crippen MR) is 72.3 cm³/mol. The third kappa shape index (κ3) is 4.13. The Labute approximate surface area is 111 Å². The Morgan fingerprint density at radius 2 is 2.18 bits per heavy atom. The number of ether oxygens (including phenoxy) is 1. The molecule has 0 saturated carbocycles. The van der Waals surface area contributed by atoms with Crippen LogP contribution in [0.25, 0.3) is 0 Å². The van der Waals surface area contributed by atoms with E-state index < -0.39 is 0 Å². The summed E-state index contributed by atoms with van der Waals surface area (Å²) < 4.78 is 5.93. The molecule has 0 bridgehead atoms. The molecule has 0 fully saturated rings. The van der Waals surface area contributed by atoms with E-state index >= 15 is 0 Å². The summed E-state index contributed by atoms with van der Waals surface area (Å²) >= 11 is 3.44. The van der Waals surface area contributed by atoms with Gasteiger partial charge in [-0.25, -0.2) is 0 Å². The Morgan fingerprint density at radius 1 is 1.47 bits per heavy atom. The summed E-state index contributed by atoms with van der Waals surface area (Å²) in [6.07, 6.45) is 0.853. The number of carbonyl (C=O) groups excluding carboxylic acids is 1. The molecule has 1 amide bonds. The van der Waals surface area contributed by atoms with Crippen LogP contribution in [0, 0.1) is 6.92 Å². The smallest absolute Gasteiger partial charge is 0.253 e. The summed E-state index contributed by atoms with van der Waals surface area (Å²) in [5, 5.41) is 0. The van der Waals surface area contributed by atoms with E-state index in [4.69, 9.17) is 4.74 Å². The maximum Gasteiger partial charge on any atom is 0.253 e. The van der Waals surface area contributed by atoms with E-state index in [1.165, 1.54) is 0 Å². The van der Waals surface area contributed by atoms with Crippen LogP contribution >= 0.6 is 15.9 Å². The lowest BCUT2D eigenvalue weighted by molar-refractivity contribution is 0.0779. The summed E-state index contributed by atoms with van der Waals surface area (Å²) in [6, 6.07) is 5.67. The van der Waals surface area contributed by atoms with Gasteiger partial charge in [-0.3, -0.25) is 4.79 Å². The number of aryl methyl sites for hydroxylation is 1. The number of amides is 1. The molecule has 0 aliphatic rings. The fourth-order valence-corrected chi connectivity index (χ4v) is 1.87. The quantitative estimate of drug-likeness (QED) is 0.783. The zero-order chi connectivity index (χ0) is 12.8. The molecule has 0 radical (unpaired) electrons. The minimum Gasteiger partial charge on any atom is -0.385 e. The first-order valence-electron chi connectivity index (χ1n) is 5.57. The fraction of sp³-hybridized carbons (Fsp3) is 0.462. The van der Waals surface area contributed by atoms with Gasteiger partial charge >= 0.3 is 0 Å². The average molecular weight is 300 g/mol. The van der Waals surface area contributed by atoms with Crippen LogP contribution in [0.15, 0.2) is 22.7 Å². The number of carbonyl (C=O) groups is 1. The predicted octanol–water partition coefficient (Wildman–Crippen LogP) is 2.87. The van der Waals surface area contributed by atoms with Crippen molar-refractivity contribution in [2.75, 3.05) is 27.3 Å². The fourth-order valence-electron chi connectivity index (χ4n) is 1.49. The van der Waals surface area contributed by atoms with Crippen LogP contribution in [0.1, 0.15) is 22.3 Å². The molecule has 17 heavy (non-hydrogen) atoms. The average Bonchev–Trinajstić information content (AvgIpc) is 2.32. The maximum absolute atomic E-state index is 12.1. The summed E-state index contributed by atoms with van der Waals surface area (Å²) in [7, 11) is 3.48. The van der Waals surface area contributed by atoms with Crippen LogP contribution in [0.5, 0.6) is 0 Å². The monoisotopic (exact) mass is 299 g/mol. The van der Waals surface area contributed by atoms with Gasteiger partial charge in [0.1, 0.15) is 0 Å². The highest BCUT2D eigenvalue weighted by Crippen LogP contribution is 2.18. The lowest BCUT2D eigenvalue weighted by Gasteiger charge is -2.17. The first kappa shape index (κ1) is 14.2. The molecular weight excluding hydrogens is 282 g/mol. The molecule has 0 N–H and O–H groups in total. The number of hydrogen-bond donors (Lipinski definition) is 0. The number of hydrogen-bond acceptors (Lipinski definition) is 2. The van der Waals surface area contributed by atoms with Crippen molar-refractivity contribution in [3.8, 4) is 0 Å². The van der Waals surface area contributed by atoms with Crippen LogP contribution in [-0.2, 0) is 4.74 Å². The van der Waals surface area contributed by atoms with Gasteiger partial charge in [0.2, 0.25) is 0 Å². The van der Waals surface area contributed by atoms with E-state index in [0.29, 0.717) is 18.7 Å². The second-order valence-corrected chi connectivity index (χ2v) is 4.89. The van der Waals surface area contributed by atoms with Crippen LogP contribution in [0.4, 0.5) is 0 Å². The van der Waals surface area contributed by atoms with E-state index in [1.807, 2.05) is 32.2 Å². The normalized spacial score (nSPS) is 10.4. The van der Waals surface area contributed by atoms with Crippen molar-refractivity contribution in [2.45, 2.75) is 13.3 Å². The van der Waals surface area contributed by atoms with Crippen molar-refractivity contribution < 1.29 is 9.53 Å². The van der Waals surface area contributed by atoms with Gasteiger partial charge in [0, 0.05) is 37.3 Å². The van der Waals surface area contributed by atoms with E-state index in [9.17, 15) is 4.79 Å². The van der Waals surface area contributed by atoms with Gasteiger partial charge in [-0.15, -0.1) is 0 Å². The molecule has 94 valence electrons. The first-order chi connectivity index (χ1) is 8.06. The Bertz CT molecular complexity index is 393. The van der Waals surface area contributed by atoms with E-state index in [1.54, 1.807) is 12.0 Å². The van der Waals surface area contributed by atoms with Gasteiger partial charge in [0.15, 0.2) is 0 Å². The molecule has 3 nitrogen and oxygen atoms in total. The molecule has 1 aromatic rings.